The third kappa shape index (κ3) is 3.86. The lowest BCUT2D eigenvalue weighted by molar-refractivity contribution is -0.0755. The second-order valence-electron chi connectivity index (χ2n) is 6.36. The number of rotatable bonds is 6. The van der Waals surface area contributed by atoms with Crippen molar-refractivity contribution in [2.75, 3.05) is 13.7 Å². The van der Waals surface area contributed by atoms with Crippen molar-refractivity contribution in [3.8, 4) is 0 Å². The second-order valence-corrected chi connectivity index (χ2v) is 6.36. The van der Waals surface area contributed by atoms with E-state index >= 15 is 0 Å². The highest BCUT2D eigenvalue weighted by atomic mass is 16.5. The Kier molecular flexibility index (Phi) is 5.82. The number of hydrogen-bond donors (Lipinski definition) is 1. The van der Waals surface area contributed by atoms with E-state index in [1.807, 2.05) is 11.7 Å². The summed E-state index contributed by atoms with van der Waals surface area (Å²) in [5.74, 6) is 0. The van der Waals surface area contributed by atoms with E-state index in [1.165, 1.54) is 44.2 Å². The van der Waals surface area contributed by atoms with Crippen LogP contribution in [0, 0.1) is 6.92 Å². The van der Waals surface area contributed by atoms with E-state index < -0.39 is 0 Å². The molecule has 4 nitrogen and oxygen atoms in total. The van der Waals surface area contributed by atoms with Gasteiger partial charge in [-0.15, -0.1) is 0 Å². The summed E-state index contributed by atoms with van der Waals surface area (Å²) in [4.78, 5) is 0. The van der Waals surface area contributed by atoms with Gasteiger partial charge >= 0.3 is 0 Å². The molecular formula is C17H31N3O. The molecule has 0 spiro atoms. The molecule has 0 aromatic carbocycles. The van der Waals surface area contributed by atoms with Gasteiger partial charge in [0, 0.05) is 31.8 Å². The minimum atomic E-state index is -0.0157. The molecule has 0 radical (unpaired) electrons. The van der Waals surface area contributed by atoms with Crippen molar-refractivity contribution in [1.29, 1.82) is 0 Å². The fraction of sp³-hybridized carbons (Fsp3) is 0.824. The predicted molar refractivity (Wildman–Crippen MR) is 86.6 cm³/mol. The number of nitrogens with one attached hydrogen (secondary N) is 1. The maximum atomic E-state index is 6.33. The number of nitrogens with zero attached hydrogens (tertiary/aromatic N) is 2. The standard InChI is InChI=1S/C17H31N3O/c1-5-21-17(10-8-6-7-9-11-17)16(18-3)13-15-12-14(2)19-20(15)4/h12,16,18H,5-11,13H2,1-4H3. The normalized spacial score (nSPS) is 20.2. The average Bonchev–Trinajstić information content (AvgIpc) is 2.66. The van der Waals surface area contributed by atoms with Crippen molar-refractivity contribution in [2.24, 2.45) is 7.05 Å². The summed E-state index contributed by atoms with van der Waals surface area (Å²) in [6, 6.07) is 2.55. The molecule has 1 atom stereocenters. The number of hydrogen-bond acceptors (Lipinski definition) is 3. The van der Waals surface area contributed by atoms with Gasteiger partial charge in [0.25, 0.3) is 0 Å². The highest BCUT2D eigenvalue weighted by Gasteiger charge is 2.39. The summed E-state index contributed by atoms with van der Waals surface area (Å²) in [6.07, 6.45) is 8.57. The van der Waals surface area contributed by atoms with E-state index in [1.54, 1.807) is 0 Å². The molecule has 0 saturated heterocycles. The van der Waals surface area contributed by atoms with Gasteiger partial charge in [-0.3, -0.25) is 4.68 Å². The largest absolute Gasteiger partial charge is 0.374 e. The lowest BCUT2D eigenvalue weighted by atomic mass is 9.83. The molecule has 1 N–H and O–H groups in total. The maximum absolute atomic E-state index is 6.33. The van der Waals surface area contributed by atoms with Crippen LogP contribution in [-0.4, -0.2) is 35.1 Å². The number of likely N-dealkylation sites (N-methyl/N-ethyl adjacent to an activating group) is 1. The van der Waals surface area contributed by atoms with Crippen molar-refractivity contribution in [1.82, 2.24) is 15.1 Å². The third-order valence-corrected chi connectivity index (χ3v) is 4.88. The highest BCUT2D eigenvalue weighted by Crippen LogP contribution is 2.34. The first-order valence-corrected chi connectivity index (χ1v) is 8.42. The first kappa shape index (κ1) is 16.5. The topological polar surface area (TPSA) is 39.1 Å². The van der Waals surface area contributed by atoms with Crippen LogP contribution in [0.5, 0.6) is 0 Å². The van der Waals surface area contributed by atoms with Gasteiger partial charge in [-0.25, -0.2) is 0 Å². The molecule has 120 valence electrons. The molecule has 1 aromatic rings. The van der Waals surface area contributed by atoms with Crippen LogP contribution in [0.2, 0.25) is 0 Å². The molecule has 1 unspecified atom stereocenters. The molecule has 4 heteroatoms. The summed E-state index contributed by atoms with van der Waals surface area (Å²) in [6.45, 7) is 4.97. The van der Waals surface area contributed by atoms with Gasteiger partial charge in [0.1, 0.15) is 0 Å². The quantitative estimate of drug-likeness (QED) is 0.820. The van der Waals surface area contributed by atoms with Crippen molar-refractivity contribution in [2.45, 2.75) is 70.4 Å². The summed E-state index contributed by atoms with van der Waals surface area (Å²) in [5, 5.41) is 8.02. The zero-order valence-electron chi connectivity index (χ0n) is 14.1. The average molecular weight is 293 g/mol. The summed E-state index contributed by atoms with van der Waals surface area (Å²) in [7, 11) is 4.11. The van der Waals surface area contributed by atoms with E-state index in [-0.39, 0.29) is 5.60 Å². The highest BCUT2D eigenvalue weighted by molar-refractivity contribution is 5.12. The number of aryl methyl sites for hydroxylation is 2. The van der Waals surface area contributed by atoms with Crippen molar-refractivity contribution in [3.63, 3.8) is 0 Å². The molecule has 0 bridgehead atoms. The lowest BCUT2D eigenvalue weighted by Gasteiger charge is -2.40. The van der Waals surface area contributed by atoms with Gasteiger partial charge in [-0.2, -0.15) is 5.10 Å². The number of aromatic nitrogens is 2. The molecule has 0 aliphatic heterocycles. The van der Waals surface area contributed by atoms with Crippen LogP contribution in [0.1, 0.15) is 56.8 Å². The van der Waals surface area contributed by atoms with E-state index in [0.29, 0.717) is 6.04 Å². The SMILES string of the molecule is CCOC1(C(Cc2cc(C)nn2C)NC)CCCCCC1. The minimum Gasteiger partial charge on any atom is -0.374 e. The number of ether oxygens (including phenoxy) is 1. The van der Waals surface area contributed by atoms with Crippen LogP contribution in [0.15, 0.2) is 6.07 Å². The summed E-state index contributed by atoms with van der Waals surface area (Å²) >= 11 is 0. The summed E-state index contributed by atoms with van der Waals surface area (Å²) < 4.78 is 8.34. The van der Waals surface area contributed by atoms with Crippen LogP contribution < -0.4 is 5.32 Å². The Morgan fingerprint density at radius 1 is 1.33 bits per heavy atom. The molecule has 21 heavy (non-hydrogen) atoms. The Morgan fingerprint density at radius 2 is 2.00 bits per heavy atom. The van der Waals surface area contributed by atoms with Gasteiger partial charge in [0.2, 0.25) is 0 Å². The van der Waals surface area contributed by atoms with Crippen LogP contribution in [0.25, 0.3) is 0 Å². The fourth-order valence-electron chi connectivity index (χ4n) is 3.82. The van der Waals surface area contributed by atoms with Crippen molar-refractivity contribution < 1.29 is 4.74 Å². The van der Waals surface area contributed by atoms with Gasteiger partial charge in [0.05, 0.1) is 11.3 Å². The minimum absolute atomic E-state index is 0.0157. The Bertz CT molecular complexity index is 433. The molecule has 2 rings (SSSR count). The molecule has 1 fully saturated rings. The van der Waals surface area contributed by atoms with Crippen molar-refractivity contribution >= 4 is 0 Å². The van der Waals surface area contributed by atoms with Gasteiger partial charge in [-0.1, -0.05) is 25.7 Å². The van der Waals surface area contributed by atoms with Gasteiger partial charge in [0.15, 0.2) is 0 Å². The third-order valence-electron chi connectivity index (χ3n) is 4.88. The first-order valence-electron chi connectivity index (χ1n) is 8.42. The van der Waals surface area contributed by atoms with E-state index in [9.17, 15) is 0 Å². The van der Waals surface area contributed by atoms with Crippen molar-refractivity contribution in [3.05, 3.63) is 17.5 Å². The van der Waals surface area contributed by atoms with Crippen LogP contribution >= 0.6 is 0 Å². The van der Waals surface area contributed by atoms with Gasteiger partial charge in [-0.05, 0) is 39.8 Å². The lowest BCUT2D eigenvalue weighted by Crippen LogP contribution is -2.52. The second kappa shape index (κ2) is 7.41. The molecular weight excluding hydrogens is 262 g/mol. The van der Waals surface area contributed by atoms with Crippen LogP contribution in [0.3, 0.4) is 0 Å². The van der Waals surface area contributed by atoms with Crippen LogP contribution in [-0.2, 0) is 18.2 Å². The first-order chi connectivity index (χ1) is 10.1. The van der Waals surface area contributed by atoms with Gasteiger partial charge < -0.3 is 10.1 Å². The van der Waals surface area contributed by atoms with E-state index in [2.05, 4.69) is 37.4 Å². The smallest absolute Gasteiger partial charge is 0.0838 e. The summed E-state index contributed by atoms with van der Waals surface area (Å²) in [5.41, 5.74) is 2.36. The Balaban J connectivity index is 2.20. The molecule has 1 heterocycles. The fourth-order valence-corrected chi connectivity index (χ4v) is 3.82. The Labute approximate surface area is 129 Å². The monoisotopic (exact) mass is 293 g/mol. The maximum Gasteiger partial charge on any atom is 0.0838 e. The van der Waals surface area contributed by atoms with Crippen LogP contribution in [0.4, 0.5) is 0 Å². The molecule has 1 aromatic heterocycles. The Morgan fingerprint density at radius 3 is 2.48 bits per heavy atom. The van der Waals surface area contributed by atoms with E-state index in [0.717, 1.165) is 18.7 Å². The molecule has 1 aliphatic rings. The molecule has 1 saturated carbocycles. The predicted octanol–water partition coefficient (Wildman–Crippen LogP) is 2.99. The molecule has 0 amide bonds. The molecule has 1 aliphatic carbocycles. The Hall–Kier alpha value is -0.870. The van der Waals surface area contributed by atoms with E-state index in [4.69, 9.17) is 4.74 Å². The zero-order valence-corrected chi connectivity index (χ0v) is 14.1. The zero-order chi connectivity index (χ0) is 15.3.